The lowest BCUT2D eigenvalue weighted by molar-refractivity contribution is 0.293. The molecule has 96 valence electrons. The third-order valence-electron chi connectivity index (χ3n) is 2.76. The largest absolute Gasteiger partial charge is 0.492 e. The first kappa shape index (κ1) is 12.9. The molecule has 0 aliphatic heterocycles. The molecule has 0 atom stereocenters. The normalized spacial score (nSPS) is 11.7. The summed E-state index contributed by atoms with van der Waals surface area (Å²) in [5.41, 5.74) is 0.141. The first-order valence-electron chi connectivity index (χ1n) is 6.42. The van der Waals surface area contributed by atoms with Gasteiger partial charge in [0.1, 0.15) is 12.4 Å². The molecule has 18 heavy (non-hydrogen) atoms. The van der Waals surface area contributed by atoms with Gasteiger partial charge < -0.3 is 10.1 Å². The average molecular weight is 243 g/mol. The summed E-state index contributed by atoms with van der Waals surface area (Å²) >= 11 is 0. The van der Waals surface area contributed by atoms with Gasteiger partial charge in [0.25, 0.3) is 0 Å². The summed E-state index contributed by atoms with van der Waals surface area (Å²) in [4.78, 5) is 0. The fraction of sp³-hybridized carbons (Fsp3) is 0.375. The molecule has 0 heterocycles. The summed E-state index contributed by atoms with van der Waals surface area (Å²) in [7, 11) is 0. The maximum atomic E-state index is 5.85. The highest BCUT2D eigenvalue weighted by molar-refractivity contribution is 5.88. The van der Waals surface area contributed by atoms with Crippen LogP contribution in [-0.4, -0.2) is 18.7 Å². The van der Waals surface area contributed by atoms with Gasteiger partial charge in [0.05, 0.1) is 0 Å². The second kappa shape index (κ2) is 5.40. The zero-order valence-corrected chi connectivity index (χ0v) is 11.4. The Hall–Kier alpha value is -1.54. The molecule has 0 aromatic heterocycles. The van der Waals surface area contributed by atoms with Crippen molar-refractivity contribution in [1.82, 2.24) is 5.32 Å². The quantitative estimate of drug-likeness (QED) is 0.828. The van der Waals surface area contributed by atoms with Gasteiger partial charge in [-0.2, -0.15) is 0 Å². The van der Waals surface area contributed by atoms with E-state index < -0.39 is 0 Å². The van der Waals surface area contributed by atoms with Gasteiger partial charge in [-0.3, -0.25) is 0 Å². The second-order valence-corrected chi connectivity index (χ2v) is 5.50. The first-order valence-corrected chi connectivity index (χ1v) is 6.42. The van der Waals surface area contributed by atoms with E-state index in [1.54, 1.807) is 0 Å². The van der Waals surface area contributed by atoms with E-state index in [4.69, 9.17) is 4.74 Å². The fourth-order valence-electron chi connectivity index (χ4n) is 1.91. The molecule has 2 nitrogen and oxygen atoms in total. The third kappa shape index (κ3) is 3.47. The molecule has 0 spiro atoms. The van der Waals surface area contributed by atoms with E-state index >= 15 is 0 Å². The van der Waals surface area contributed by atoms with Crippen LogP contribution in [0.15, 0.2) is 42.5 Å². The van der Waals surface area contributed by atoms with Gasteiger partial charge in [-0.1, -0.05) is 36.4 Å². The van der Waals surface area contributed by atoms with Crippen molar-refractivity contribution >= 4 is 10.8 Å². The Morgan fingerprint density at radius 2 is 1.72 bits per heavy atom. The van der Waals surface area contributed by atoms with Crippen LogP contribution < -0.4 is 10.1 Å². The number of hydrogen-bond acceptors (Lipinski definition) is 2. The number of benzene rings is 2. The fourth-order valence-corrected chi connectivity index (χ4v) is 1.91. The topological polar surface area (TPSA) is 21.3 Å². The van der Waals surface area contributed by atoms with E-state index in [2.05, 4.69) is 44.3 Å². The molecule has 0 radical (unpaired) electrons. The lowest BCUT2D eigenvalue weighted by Crippen LogP contribution is -2.38. The molecule has 0 saturated heterocycles. The summed E-state index contributed by atoms with van der Waals surface area (Å²) in [6.07, 6.45) is 0. The van der Waals surface area contributed by atoms with Crippen molar-refractivity contribution < 1.29 is 4.74 Å². The van der Waals surface area contributed by atoms with Gasteiger partial charge in [0, 0.05) is 17.5 Å². The molecule has 2 heteroatoms. The van der Waals surface area contributed by atoms with E-state index in [0.717, 1.165) is 12.3 Å². The van der Waals surface area contributed by atoms with Crippen molar-refractivity contribution in [2.45, 2.75) is 26.3 Å². The molecule has 2 aromatic carbocycles. The molecule has 0 aliphatic carbocycles. The van der Waals surface area contributed by atoms with E-state index in [1.807, 2.05) is 24.3 Å². The molecule has 0 bridgehead atoms. The van der Waals surface area contributed by atoms with Gasteiger partial charge >= 0.3 is 0 Å². The summed E-state index contributed by atoms with van der Waals surface area (Å²) in [6, 6.07) is 14.5. The van der Waals surface area contributed by atoms with Crippen LogP contribution >= 0.6 is 0 Å². The average Bonchev–Trinajstić information content (AvgIpc) is 2.33. The molecule has 0 unspecified atom stereocenters. The minimum Gasteiger partial charge on any atom is -0.492 e. The van der Waals surface area contributed by atoms with Crippen molar-refractivity contribution in [1.29, 1.82) is 0 Å². The Balaban J connectivity index is 2.00. The van der Waals surface area contributed by atoms with Crippen LogP contribution in [0.3, 0.4) is 0 Å². The Morgan fingerprint density at radius 3 is 2.50 bits per heavy atom. The van der Waals surface area contributed by atoms with Crippen LogP contribution in [0.5, 0.6) is 5.75 Å². The van der Waals surface area contributed by atoms with Crippen molar-refractivity contribution in [3.8, 4) is 5.75 Å². The molecule has 2 rings (SSSR count). The lowest BCUT2D eigenvalue weighted by atomic mass is 10.1. The molecular weight excluding hydrogens is 222 g/mol. The van der Waals surface area contributed by atoms with Crippen molar-refractivity contribution in [2.75, 3.05) is 13.2 Å². The predicted molar refractivity (Wildman–Crippen MR) is 77.2 cm³/mol. The van der Waals surface area contributed by atoms with Crippen LogP contribution in [0, 0.1) is 0 Å². The summed E-state index contributed by atoms with van der Waals surface area (Å²) in [5, 5.41) is 5.81. The first-order chi connectivity index (χ1) is 8.56. The van der Waals surface area contributed by atoms with Crippen molar-refractivity contribution in [2.24, 2.45) is 0 Å². The highest BCUT2D eigenvalue weighted by Gasteiger charge is 2.07. The van der Waals surface area contributed by atoms with Gasteiger partial charge in [-0.05, 0) is 32.2 Å². The third-order valence-corrected chi connectivity index (χ3v) is 2.76. The number of hydrogen-bond donors (Lipinski definition) is 1. The molecule has 1 N–H and O–H groups in total. The standard InChI is InChI=1S/C16H21NO/c1-16(2,3)17-11-12-18-15-10-6-8-13-7-4-5-9-14(13)15/h4-10,17H,11-12H2,1-3H3. The van der Waals surface area contributed by atoms with Crippen LogP contribution in [0.2, 0.25) is 0 Å². The number of ether oxygens (including phenoxy) is 1. The molecule has 0 saturated carbocycles. The van der Waals surface area contributed by atoms with Crippen LogP contribution in [0.1, 0.15) is 20.8 Å². The van der Waals surface area contributed by atoms with Crippen molar-refractivity contribution in [3.05, 3.63) is 42.5 Å². The summed E-state index contributed by atoms with van der Waals surface area (Å²) in [5.74, 6) is 0.962. The Kier molecular flexibility index (Phi) is 3.87. The SMILES string of the molecule is CC(C)(C)NCCOc1cccc2ccccc12. The van der Waals surface area contributed by atoms with Crippen LogP contribution in [0.4, 0.5) is 0 Å². The molecule has 0 amide bonds. The second-order valence-electron chi connectivity index (χ2n) is 5.50. The molecule has 2 aromatic rings. The zero-order valence-electron chi connectivity index (χ0n) is 11.4. The Bertz CT molecular complexity index is 508. The number of fused-ring (bicyclic) bond motifs is 1. The van der Waals surface area contributed by atoms with Gasteiger partial charge in [0.15, 0.2) is 0 Å². The van der Waals surface area contributed by atoms with Gasteiger partial charge in [-0.15, -0.1) is 0 Å². The van der Waals surface area contributed by atoms with Gasteiger partial charge in [-0.25, -0.2) is 0 Å². The van der Waals surface area contributed by atoms with E-state index in [9.17, 15) is 0 Å². The highest BCUT2D eigenvalue weighted by atomic mass is 16.5. The molecular formula is C16H21NO. The van der Waals surface area contributed by atoms with E-state index in [-0.39, 0.29) is 5.54 Å². The maximum absolute atomic E-state index is 5.85. The number of rotatable bonds is 4. The lowest BCUT2D eigenvalue weighted by Gasteiger charge is -2.20. The Morgan fingerprint density at radius 1 is 1.00 bits per heavy atom. The van der Waals surface area contributed by atoms with Crippen LogP contribution in [-0.2, 0) is 0 Å². The molecule has 0 aliphatic rings. The minimum absolute atomic E-state index is 0.141. The van der Waals surface area contributed by atoms with Crippen LogP contribution in [0.25, 0.3) is 10.8 Å². The number of nitrogens with one attached hydrogen (secondary N) is 1. The smallest absolute Gasteiger partial charge is 0.127 e. The van der Waals surface area contributed by atoms with E-state index in [1.165, 1.54) is 10.8 Å². The van der Waals surface area contributed by atoms with E-state index in [0.29, 0.717) is 6.61 Å². The Labute approximate surface area is 109 Å². The maximum Gasteiger partial charge on any atom is 0.127 e. The van der Waals surface area contributed by atoms with Crippen molar-refractivity contribution in [3.63, 3.8) is 0 Å². The molecule has 0 fully saturated rings. The summed E-state index contributed by atoms with van der Waals surface area (Å²) < 4.78 is 5.85. The highest BCUT2D eigenvalue weighted by Crippen LogP contribution is 2.24. The zero-order chi connectivity index (χ0) is 13.0. The monoisotopic (exact) mass is 243 g/mol. The minimum atomic E-state index is 0.141. The van der Waals surface area contributed by atoms with Gasteiger partial charge in [0.2, 0.25) is 0 Å². The summed E-state index contributed by atoms with van der Waals surface area (Å²) in [6.45, 7) is 8.01. The predicted octanol–water partition coefficient (Wildman–Crippen LogP) is 3.61.